The molecule has 4 rings (SSSR count). The number of hydrogen-bond acceptors (Lipinski definition) is 5. The number of pyridine rings is 1. The molecule has 3 amide bonds. The zero-order chi connectivity index (χ0) is 27.6. The predicted molar refractivity (Wildman–Crippen MR) is 146 cm³/mol. The van der Waals surface area contributed by atoms with Gasteiger partial charge in [-0.1, -0.05) is 38.1 Å². The number of benzene rings is 2. The van der Waals surface area contributed by atoms with Gasteiger partial charge in [0.1, 0.15) is 5.69 Å². The van der Waals surface area contributed by atoms with Crippen LogP contribution in [-0.4, -0.2) is 35.2 Å². The molecular formula is C29H31N5O4. The zero-order valence-corrected chi connectivity index (χ0v) is 22.0. The number of nitriles is 1. The SMILES string of the molecule is CNC(=O)Nc1cc(-c2cccc(N3CCc4cc(C(C)(C)CC#N)ccc4C3=O)c2CO)cn(C)c1=O. The van der Waals surface area contributed by atoms with Crippen molar-refractivity contribution in [3.8, 4) is 17.2 Å². The van der Waals surface area contributed by atoms with Crippen LogP contribution in [0, 0.1) is 11.3 Å². The van der Waals surface area contributed by atoms with Crippen molar-refractivity contribution in [1.29, 1.82) is 5.26 Å². The minimum absolute atomic E-state index is 0.0942. The Hall–Kier alpha value is -4.42. The third-order valence-electron chi connectivity index (χ3n) is 7.06. The highest BCUT2D eigenvalue weighted by Gasteiger charge is 2.30. The van der Waals surface area contributed by atoms with Gasteiger partial charge in [-0.2, -0.15) is 5.26 Å². The number of aliphatic hydroxyl groups excluding tert-OH is 1. The lowest BCUT2D eigenvalue weighted by molar-refractivity contribution is 0.0980. The van der Waals surface area contributed by atoms with Crippen molar-refractivity contribution in [2.24, 2.45) is 7.05 Å². The van der Waals surface area contributed by atoms with E-state index in [1.807, 2.05) is 38.1 Å². The summed E-state index contributed by atoms with van der Waals surface area (Å²) >= 11 is 0. The number of urea groups is 1. The third kappa shape index (κ3) is 4.91. The maximum absolute atomic E-state index is 13.6. The van der Waals surface area contributed by atoms with Crippen LogP contribution < -0.4 is 21.1 Å². The number of fused-ring (bicyclic) bond motifs is 1. The van der Waals surface area contributed by atoms with E-state index in [2.05, 4.69) is 16.7 Å². The Bertz CT molecular complexity index is 1520. The molecule has 1 aliphatic rings. The first-order valence-electron chi connectivity index (χ1n) is 12.4. The summed E-state index contributed by atoms with van der Waals surface area (Å²) in [5.74, 6) is -0.162. The van der Waals surface area contributed by atoms with E-state index < -0.39 is 6.03 Å². The van der Waals surface area contributed by atoms with Crippen molar-refractivity contribution in [3.05, 3.63) is 81.3 Å². The lowest BCUT2D eigenvalue weighted by Gasteiger charge is -2.32. The number of aryl methyl sites for hydroxylation is 1. The fourth-order valence-electron chi connectivity index (χ4n) is 4.84. The molecule has 3 aromatic rings. The van der Waals surface area contributed by atoms with Crippen LogP contribution in [0.15, 0.2) is 53.5 Å². The number of hydrogen-bond donors (Lipinski definition) is 3. The molecule has 0 saturated heterocycles. The summed E-state index contributed by atoms with van der Waals surface area (Å²) in [4.78, 5) is 39.7. The van der Waals surface area contributed by atoms with E-state index in [1.165, 1.54) is 11.6 Å². The van der Waals surface area contributed by atoms with Crippen LogP contribution in [0.4, 0.5) is 16.2 Å². The highest BCUT2D eigenvalue weighted by atomic mass is 16.3. The summed E-state index contributed by atoms with van der Waals surface area (Å²) < 4.78 is 1.36. The van der Waals surface area contributed by atoms with E-state index in [0.29, 0.717) is 47.3 Å². The molecule has 1 aliphatic heterocycles. The molecule has 0 unspecified atom stereocenters. The van der Waals surface area contributed by atoms with Crippen molar-refractivity contribution >= 4 is 23.3 Å². The molecule has 9 heteroatoms. The summed E-state index contributed by atoms with van der Waals surface area (Å²) in [7, 11) is 3.04. The van der Waals surface area contributed by atoms with Crippen molar-refractivity contribution in [2.75, 3.05) is 23.8 Å². The lowest BCUT2D eigenvalue weighted by Crippen LogP contribution is -2.38. The third-order valence-corrected chi connectivity index (χ3v) is 7.06. The van der Waals surface area contributed by atoms with Gasteiger partial charge in [0.25, 0.3) is 11.5 Å². The Kier molecular flexibility index (Phi) is 7.37. The highest BCUT2D eigenvalue weighted by Crippen LogP contribution is 2.36. The average molecular weight is 514 g/mol. The summed E-state index contributed by atoms with van der Waals surface area (Å²) in [5.41, 5.74) is 4.35. The Morgan fingerprint density at radius 2 is 1.92 bits per heavy atom. The number of nitrogens with zero attached hydrogens (tertiary/aromatic N) is 3. The first-order chi connectivity index (χ1) is 18.1. The normalized spacial score (nSPS) is 13.1. The van der Waals surface area contributed by atoms with Gasteiger partial charge < -0.3 is 25.2 Å². The Morgan fingerprint density at radius 3 is 2.61 bits per heavy atom. The van der Waals surface area contributed by atoms with Gasteiger partial charge in [0.15, 0.2) is 0 Å². The molecule has 38 heavy (non-hydrogen) atoms. The van der Waals surface area contributed by atoms with Crippen LogP contribution in [0.2, 0.25) is 0 Å². The fourth-order valence-corrected chi connectivity index (χ4v) is 4.84. The minimum Gasteiger partial charge on any atom is -0.392 e. The van der Waals surface area contributed by atoms with Gasteiger partial charge >= 0.3 is 6.03 Å². The topological polar surface area (TPSA) is 127 Å². The van der Waals surface area contributed by atoms with E-state index in [1.54, 1.807) is 36.3 Å². The molecular weight excluding hydrogens is 482 g/mol. The second-order valence-corrected chi connectivity index (χ2v) is 10.0. The molecule has 3 N–H and O–H groups in total. The molecule has 0 bridgehead atoms. The second-order valence-electron chi connectivity index (χ2n) is 10.0. The van der Waals surface area contributed by atoms with Gasteiger partial charge in [-0.15, -0.1) is 0 Å². The molecule has 1 aromatic heterocycles. The quantitative estimate of drug-likeness (QED) is 0.463. The van der Waals surface area contributed by atoms with Gasteiger partial charge in [-0.3, -0.25) is 9.59 Å². The van der Waals surface area contributed by atoms with E-state index in [4.69, 9.17) is 0 Å². The number of aliphatic hydroxyl groups is 1. The molecule has 0 radical (unpaired) electrons. The molecule has 0 spiro atoms. The van der Waals surface area contributed by atoms with E-state index in [0.717, 1.165) is 11.1 Å². The predicted octanol–water partition coefficient (Wildman–Crippen LogP) is 3.69. The molecule has 9 nitrogen and oxygen atoms in total. The highest BCUT2D eigenvalue weighted by molar-refractivity contribution is 6.09. The van der Waals surface area contributed by atoms with Gasteiger partial charge in [-0.25, -0.2) is 4.79 Å². The maximum Gasteiger partial charge on any atom is 0.319 e. The second kappa shape index (κ2) is 10.5. The Morgan fingerprint density at radius 1 is 1.16 bits per heavy atom. The molecule has 0 saturated carbocycles. The number of anilines is 2. The molecule has 2 heterocycles. The molecule has 0 fully saturated rings. The zero-order valence-electron chi connectivity index (χ0n) is 22.0. The summed E-state index contributed by atoms with van der Waals surface area (Å²) in [6.07, 6.45) is 2.64. The van der Waals surface area contributed by atoms with E-state index in [-0.39, 0.29) is 29.2 Å². The number of carbonyl (C=O) groups is 2. The summed E-state index contributed by atoms with van der Waals surface area (Å²) in [6.45, 7) is 4.14. The van der Waals surface area contributed by atoms with Crippen LogP contribution >= 0.6 is 0 Å². The molecule has 196 valence electrons. The minimum atomic E-state index is -0.521. The van der Waals surface area contributed by atoms with E-state index in [9.17, 15) is 24.8 Å². The number of amides is 3. The van der Waals surface area contributed by atoms with Crippen LogP contribution in [0.3, 0.4) is 0 Å². The number of aromatic nitrogens is 1. The standard InChI is InChI=1S/C29H31N5O4/c1-29(2,11-12-30)20-8-9-22-18(14-20)10-13-34(26(22)36)25-7-5-6-21(23(25)17-35)19-15-24(32-28(38)31-3)27(37)33(4)16-19/h5-9,14-16,35H,10-11,13,17H2,1-4H3,(H2,31,32,38). The van der Waals surface area contributed by atoms with Gasteiger partial charge in [0.05, 0.1) is 18.4 Å². The molecule has 0 aliphatic carbocycles. The average Bonchev–Trinajstić information content (AvgIpc) is 2.90. The number of carbonyl (C=O) groups excluding carboxylic acids is 2. The maximum atomic E-state index is 13.6. The van der Waals surface area contributed by atoms with Crippen LogP contribution in [0.25, 0.3) is 11.1 Å². The van der Waals surface area contributed by atoms with Crippen LogP contribution in [-0.2, 0) is 25.5 Å². The number of nitrogens with one attached hydrogen (secondary N) is 2. The smallest absolute Gasteiger partial charge is 0.319 e. The lowest BCUT2D eigenvalue weighted by atomic mass is 9.80. The first-order valence-corrected chi connectivity index (χ1v) is 12.4. The first kappa shape index (κ1) is 26.6. The van der Waals surface area contributed by atoms with E-state index >= 15 is 0 Å². The van der Waals surface area contributed by atoms with Crippen LogP contribution in [0.5, 0.6) is 0 Å². The Balaban J connectivity index is 1.74. The number of rotatable bonds is 6. The monoisotopic (exact) mass is 513 g/mol. The summed E-state index contributed by atoms with van der Waals surface area (Å²) in [5, 5.41) is 24.6. The van der Waals surface area contributed by atoms with Crippen molar-refractivity contribution in [1.82, 2.24) is 9.88 Å². The van der Waals surface area contributed by atoms with Crippen LogP contribution in [0.1, 0.15) is 47.3 Å². The largest absolute Gasteiger partial charge is 0.392 e. The molecule has 2 aromatic carbocycles. The molecule has 0 atom stereocenters. The van der Waals surface area contributed by atoms with Crippen molar-refractivity contribution in [2.45, 2.75) is 38.7 Å². The fraction of sp³-hybridized carbons (Fsp3) is 0.310. The van der Waals surface area contributed by atoms with Crippen molar-refractivity contribution in [3.63, 3.8) is 0 Å². The summed E-state index contributed by atoms with van der Waals surface area (Å²) in [6, 6.07) is 14.4. The van der Waals surface area contributed by atoms with Crippen molar-refractivity contribution < 1.29 is 14.7 Å². The Labute approximate surface area is 221 Å². The van der Waals surface area contributed by atoms with Gasteiger partial charge in [0, 0.05) is 55.4 Å². The van der Waals surface area contributed by atoms with Gasteiger partial charge in [0.2, 0.25) is 0 Å². The van der Waals surface area contributed by atoms with Gasteiger partial charge in [-0.05, 0) is 41.3 Å².